The Hall–Kier alpha value is -0.640. The minimum absolute atomic E-state index is 0.358. The summed E-state index contributed by atoms with van der Waals surface area (Å²) in [4.78, 5) is 0.715. The molecule has 2 aromatic carbocycles. The van der Waals surface area contributed by atoms with Crippen LogP contribution in [-0.4, -0.2) is 22.9 Å². The second kappa shape index (κ2) is 9.39. The van der Waals surface area contributed by atoms with Gasteiger partial charge in [0.2, 0.25) is 0 Å². The predicted octanol–water partition coefficient (Wildman–Crippen LogP) is 5.02. The maximum Gasteiger partial charge on any atom is 0.0595 e. The maximum absolute atomic E-state index is 5.81. The van der Waals surface area contributed by atoms with Crippen LogP contribution < -0.4 is 0 Å². The summed E-state index contributed by atoms with van der Waals surface area (Å²) < 4.78 is 5.81. The lowest BCUT2D eigenvalue weighted by molar-refractivity contribution is 0.138. The lowest BCUT2D eigenvalue weighted by Gasteiger charge is -2.14. The van der Waals surface area contributed by atoms with Gasteiger partial charge in [-0.3, -0.25) is 0 Å². The average Bonchev–Trinajstić information content (AvgIpc) is 2.49. The fourth-order valence-corrected chi connectivity index (χ4v) is 3.30. The summed E-state index contributed by atoms with van der Waals surface area (Å²) in [6.45, 7) is 1.46. The lowest BCUT2D eigenvalue weighted by atomic mass is 10.1. The number of alkyl halides is 2. The molecule has 0 aliphatic carbocycles. The molecule has 3 heteroatoms. The molecule has 0 heterocycles. The first-order chi connectivity index (χ1) is 10.2. The van der Waals surface area contributed by atoms with E-state index in [2.05, 4.69) is 80.4 Å². The van der Waals surface area contributed by atoms with E-state index in [1.165, 1.54) is 11.1 Å². The minimum Gasteiger partial charge on any atom is -0.379 e. The van der Waals surface area contributed by atoms with Crippen LogP contribution in [0, 0.1) is 0 Å². The molecule has 112 valence electrons. The number of halogens is 2. The zero-order valence-corrected chi connectivity index (χ0v) is 15.1. The van der Waals surface area contributed by atoms with E-state index in [4.69, 9.17) is 4.74 Å². The van der Waals surface area contributed by atoms with Crippen LogP contribution in [0.3, 0.4) is 0 Å². The molecule has 0 amide bonds. The molecule has 2 aromatic rings. The summed E-state index contributed by atoms with van der Waals surface area (Å²) in [5, 5.41) is 0. The van der Waals surface area contributed by atoms with E-state index < -0.39 is 0 Å². The van der Waals surface area contributed by atoms with Crippen LogP contribution in [0.2, 0.25) is 0 Å². The summed E-state index contributed by atoms with van der Waals surface area (Å²) in [5.41, 5.74) is 2.67. The number of benzene rings is 2. The summed E-state index contributed by atoms with van der Waals surface area (Å²) in [6.07, 6.45) is 1.99. The Balaban J connectivity index is 1.64. The van der Waals surface area contributed by atoms with Gasteiger partial charge >= 0.3 is 0 Å². The zero-order valence-electron chi connectivity index (χ0n) is 11.9. The molecule has 0 aromatic heterocycles. The van der Waals surface area contributed by atoms with Crippen molar-refractivity contribution in [3.63, 3.8) is 0 Å². The highest BCUT2D eigenvalue weighted by Crippen LogP contribution is 2.13. The van der Waals surface area contributed by atoms with Gasteiger partial charge in [-0.2, -0.15) is 0 Å². The van der Waals surface area contributed by atoms with Gasteiger partial charge in [-0.15, -0.1) is 0 Å². The van der Waals surface area contributed by atoms with Crippen LogP contribution in [0.1, 0.15) is 11.1 Å². The Bertz CT molecular complexity index is 454. The first kappa shape index (κ1) is 16.7. The highest BCUT2D eigenvalue weighted by molar-refractivity contribution is 9.09. The summed E-state index contributed by atoms with van der Waals surface area (Å²) in [6, 6.07) is 21.0. The Morgan fingerprint density at radius 1 is 0.667 bits per heavy atom. The third-order valence-corrected chi connectivity index (χ3v) is 4.37. The predicted molar refractivity (Wildman–Crippen MR) is 96.5 cm³/mol. The Morgan fingerprint density at radius 2 is 1.05 bits per heavy atom. The molecular weight excluding hydrogens is 392 g/mol. The van der Waals surface area contributed by atoms with E-state index in [-0.39, 0.29) is 0 Å². The van der Waals surface area contributed by atoms with Crippen molar-refractivity contribution in [2.24, 2.45) is 0 Å². The second-order valence-electron chi connectivity index (χ2n) is 5.11. The van der Waals surface area contributed by atoms with Crippen molar-refractivity contribution >= 4 is 31.9 Å². The molecule has 0 radical (unpaired) electrons. The third kappa shape index (κ3) is 6.77. The van der Waals surface area contributed by atoms with E-state index >= 15 is 0 Å². The van der Waals surface area contributed by atoms with Gasteiger partial charge in [-0.25, -0.2) is 0 Å². The molecule has 0 fully saturated rings. The largest absolute Gasteiger partial charge is 0.379 e. The van der Waals surface area contributed by atoms with Crippen molar-refractivity contribution in [1.29, 1.82) is 0 Å². The molecule has 1 nitrogen and oxygen atoms in total. The van der Waals surface area contributed by atoms with Crippen LogP contribution in [0.15, 0.2) is 60.7 Å². The van der Waals surface area contributed by atoms with Gasteiger partial charge in [0, 0.05) is 9.65 Å². The molecule has 0 N–H and O–H groups in total. The molecule has 0 saturated carbocycles. The quantitative estimate of drug-likeness (QED) is 0.554. The van der Waals surface area contributed by atoms with Crippen molar-refractivity contribution < 1.29 is 4.74 Å². The van der Waals surface area contributed by atoms with Gasteiger partial charge in [0.15, 0.2) is 0 Å². The van der Waals surface area contributed by atoms with Crippen LogP contribution in [0.4, 0.5) is 0 Å². The standard InChI is InChI=1S/C18H20Br2O/c19-17(11-15-7-3-1-4-8-15)13-21-14-18(20)12-16-9-5-2-6-10-16/h1-10,17-18H,11-14H2/t17-,18+. The molecule has 0 spiro atoms. The van der Waals surface area contributed by atoms with Crippen molar-refractivity contribution in [1.82, 2.24) is 0 Å². The topological polar surface area (TPSA) is 9.23 Å². The molecule has 0 aliphatic heterocycles. The molecule has 2 atom stereocenters. The molecule has 0 unspecified atom stereocenters. The van der Waals surface area contributed by atoms with Gasteiger partial charge in [0.05, 0.1) is 13.2 Å². The van der Waals surface area contributed by atoms with E-state index in [0.717, 1.165) is 26.1 Å². The van der Waals surface area contributed by atoms with Gasteiger partial charge in [0.25, 0.3) is 0 Å². The highest BCUT2D eigenvalue weighted by Gasteiger charge is 2.09. The third-order valence-electron chi connectivity index (χ3n) is 3.20. The van der Waals surface area contributed by atoms with Gasteiger partial charge in [0.1, 0.15) is 0 Å². The van der Waals surface area contributed by atoms with Crippen LogP contribution in [-0.2, 0) is 17.6 Å². The fraction of sp³-hybridized carbons (Fsp3) is 0.333. The van der Waals surface area contributed by atoms with Gasteiger partial charge < -0.3 is 4.74 Å². The summed E-state index contributed by atoms with van der Waals surface area (Å²) in [7, 11) is 0. The van der Waals surface area contributed by atoms with Crippen molar-refractivity contribution in [3.8, 4) is 0 Å². The molecule has 0 bridgehead atoms. The van der Waals surface area contributed by atoms with E-state index in [9.17, 15) is 0 Å². The van der Waals surface area contributed by atoms with Crippen molar-refractivity contribution in [2.75, 3.05) is 13.2 Å². The van der Waals surface area contributed by atoms with E-state index in [1.54, 1.807) is 0 Å². The average molecular weight is 412 g/mol. The van der Waals surface area contributed by atoms with Crippen LogP contribution in [0.5, 0.6) is 0 Å². The zero-order chi connectivity index (χ0) is 14.9. The summed E-state index contributed by atoms with van der Waals surface area (Å²) in [5.74, 6) is 0. The summed E-state index contributed by atoms with van der Waals surface area (Å²) >= 11 is 7.38. The van der Waals surface area contributed by atoms with E-state index in [1.807, 2.05) is 12.1 Å². The SMILES string of the molecule is Br[C@H](COC[C@H](Br)Cc1ccccc1)Cc1ccccc1. The van der Waals surface area contributed by atoms with Crippen molar-refractivity contribution in [2.45, 2.75) is 22.5 Å². The number of hydrogen-bond donors (Lipinski definition) is 0. The van der Waals surface area contributed by atoms with Gasteiger partial charge in [-0.1, -0.05) is 92.5 Å². The second-order valence-corrected chi connectivity index (χ2v) is 7.70. The minimum atomic E-state index is 0.358. The fourth-order valence-electron chi connectivity index (χ4n) is 2.18. The smallest absolute Gasteiger partial charge is 0.0595 e. The van der Waals surface area contributed by atoms with Crippen molar-refractivity contribution in [3.05, 3.63) is 71.8 Å². The molecule has 0 saturated heterocycles. The monoisotopic (exact) mass is 410 g/mol. The molecule has 2 rings (SSSR count). The molecule has 21 heavy (non-hydrogen) atoms. The highest BCUT2D eigenvalue weighted by atomic mass is 79.9. The number of ether oxygens (including phenoxy) is 1. The Labute approximate surface area is 144 Å². The Morgan fingerprint density at radius 3 is 1.43 bits per heavy atom. The lowest BCUT2D eigenvalue weighted by Crippen LogP contribution is -2.17. The molecular formula is C18H20Br2O. The Kier molecular flexibility index (Phi) is 7.48. The first-order valence-corrected chi connectivity index (χ1v) is 9.01. The van der Waals surface area contributed by atoms with Crippen LogP contribution in [0.25, 0.3) is 0 Å². The van der Waals surface area contributed by atoms with Crippen LogP contribution >= 0.6 is 31.9 Å². The normalized spacial score (nSPS) is 13.8. The van der Waals surface area contributed by atoms with Gasteiger partial charge in [-0.05, 0) is 24.0 Å². The maximum atomic E-state index is 5.81. The first-order valence-electron chi connectivity index (χ1n) is 7.18. The molecule has 0 aliphatic rings. The number of hydrogen-bond acceptors (Lipinski definition) is 1. The van der Waals surface area contributed by atoms with E-state index in [0.29, 0.717) is 9.65 Å². The number of rotatable bonds is 8.